The summed E-state index contributed by atoms with van der Waals surface area (Å²) in [4.78, 5) is 4.28. The van der Waals surface area contributed by atoms with Crippen LogP contribution < -0.4 is 0 Å². The summed E-state index contributed by atoms with van der Waals surface area (Å²) in [6.07, 6.45) is 1.80. The topological polar surface area (TPSA) is 12.9 Å². The van der Waals surface area contributed by atoms with E-state index in [1.807, 2.05) is 6.07 Å². The molecule has 2 aromatic rings. The van der Waals surface area contributed by atoms with E-state index in [4.69, 9.17) is 0 Å². The van der Waals surface area contributed by atoms with Crippen LogP contribution in [0, 0.1) is 20.8 Å². The van der Waals surface area contributed by atoms with Gasteiger partial charge in [0.05, 0.1) is 0 Å². The van der Waals surface area contributed by atoms with E-state index in [2.05, 4.69) is 59.9 Å². The van der Waals surface area contributed by atoms with Crippen LogP contribution in [-0.4, -0.2) is 4.98 Å². The minimum atomic E-state index is 0.907. The zero-order valence-electron chi connectivity index (χ0n) is 9.71. The molecule has 0 aliphatic heterocycles. The lowest BCUT2D eigenvalue weighted by Gasteiger charge is -2.12. The molecule has 1 aromatic heterocycles. The molecule has 2 rings (SSSR count). The summed E-state index contributed by atoms with van der Waals surface area (Å²) in [6.45, 7) is 6.42. The van der Waals surface area contributed by atoms with Gasteiger partial charge in [0.1, 0.15) is 4.60 Å². The molecule has 0 saturated carbocycles. The summed E-state index contributed by atoms with van der Waals surface area (Å²) in [5, 5.41) is 0. The minimum absolute atomic E-state index is 0.907. The summed E-state index contributed by atoms with van der Waals surface area (Å²) < 4.78 is 0.907. The van der Waals surface area contributed by atoms with Crippen LogP contribution in [-0.2, 0) is 0 Å². The van der Waals surface area contributed by atoms with Gasteiger partial charge in [-0.15, -0.1) is 0 Å². The van der Waals surface area contributed by atoms with E-state index in [0.29, 0.717) is 0 Å². The van der Waals surface area contributed by atoms with Crippen LogP contribution in [0.1, 0.15) is 16.7 Å². The summed E-state index contributed by atoms with van der Waals surface area (Å²) in [5.41, 5.74) is 6.35. The van der Waals surface area contributed by atoms with E-state index >= 15 is 0 Å². The van der Waals surface area contributed by atoms with Gasteiger partial charge in [-0.25, -0.2) is 4.98 Å². The second-order valence-corrected chi connectivity index (χ2v) is 4.87. The van der Waals surface area contributed by atoms with Crippen LogP contribution in [0.2, 0.25) is 0 Å². The molecule has 0 amide bonds. The molecule has 0 spiro atoms. The lowest BCUT2D eigenvalue weighted by Crippen LogP contribution is -1.91. The van der Waals surface area contributed by atoms with Crippen molar-refractivity contribution in [2.75, 3.05) is 0 Å². The van der Waals surface area contributed by atoms with Crippen molar-refractivity contribution in [2.24, 2.45) is 0 Å². The van der Waals surface area contributed by atoms with E-state index in [-0.39, 0.29) is 0 Å². The second kappa shape index (κ2) is 4.38. The number of pyridine rings is 1. The molecule has 0 fully saturated rings. The number of aromatic nitrogens is 1. The third kappa shape index (κ3) is 2.03. The fraction of sp³-hybridized carbons (Fsp3) is 0.214. The molecule has 0 saturated heterocycles. The van der Waals surface area contributed by atoms with Gasteiger partial charge in [0, 0.05) is 11.8 Å². The van der Waals surface area contributed by atoms with Gasteiger partial charge in [-0.1, -0.05) is 23.8 Å². The number of benzene rings is 1. The van der Waals surface area contributed by atoms with Gasteiger partial charge in [0.25, 0.3) is 0 Å². The summed E-state index contributed by atoms with van der Waals surface area (Å²) in [6, 6.07) is 8.49. The van der Waals surface area contributed by atoms with Crippen molar-refractivity contribution < 1.29 is 0 Å². The van der Waals surface area contributed by atoms with Crippen LogP contribution in [0.4, 0.5) is 0 Å². The SMILES string of the molecule is Cc1cc(C)c(-c2cccnc2Br)c(C)c1. The van der Waals surface area contributed by atoms with Crippen LogP contribution >= 0.6 is 15.9 Å². The van der Waals surface area contributed by atoms with E-state index in [1.165, 1.54) is 22.3 Å². The highest BCUT2D eigenvalue weighted by Crippen LogP contribution is 2.32. The van der Waals surface area contributed by atoms with Crippen molar-refractivity contribution >= 4 is 15.9 Å². The third-order valence-electron chi connectivity index (χ3n) is 2.71. The predicted molar refractivity (Wildman–Crippen MR) is 71.6 cm³/mol. The first kappa shape index (κ1) is 11.3. The first-order valence-corrected chi connectivity index (χ1v) is 6.07. The Morgan fingerprint density at radius 3 is 2.25 bits per heavy atom. The van der Waals surface area contributed by atoms with Gasteiger partial charge < -0.3 is 0 Å². The smallest absolute Gasteiger partial charge is 0.113 e. The van der Waals surface area contributed by atoms with E-state index < -0.39 is 0 Å². The van der Waals surface area contributed by atoms with Gasteiger partial charge in [-0.2, -0.15) is 0 Å². The Kier molecular flexibility index (Phi) is 3.10. The number of hydrogen-bond donors (Lipinski definition) is 0. The van der Waals surface area contributed by atoms with Gasteiger partial charge in [0.15, 0.2) is 0 Å². The van der Waals surface area contributed by atoms with Gasteiger partial charge in [0.2, 0.25) is 0 Å². The molecule has 0 radical (unpaired) electrons. The third-order valence-corrected chi connectivity index (χ3v) is 3.34. The molecule has 0 unspecified atom stereocenters. The maximum Gasteiger partial charge on any atom is 0.113 e. The molecule has 1 nitrogen and oxygen atoms in total. The fourth-order valence-corrected chi connectivity index (χ4v) is 2.63. The van der Waals surface area contributed by atoms with Crippen LogP contribution in [0.5, 0.6) is 0 Å². The van der Waals surface area contributed by atoms with Crippen LogP contribution in [0.15, 0.2) is 35.1 Å². The normalized spacial score (nSPS) is 10.5. The molecular weight excluding hydrogens is 262 g/mol. The molecule has 1 heterocycles. The largest absolute Gasteiger partial charge is 0.249 e. The molecule has 0 atom stereocenters. The van der Waals surface area contributed by atoms with Crippen molar-refractivity contribution in [3.63, 3.8) is 0 Å². The Labute approximate surface area is 105 Å². The maximum atomic E-state index is 4.28. The average molecular weight is 276 g/mol. The van der Waals surface area contributed by atoms with Crippen molar-refractivity contribution in [1.29, 1.82) is 0 Å². The highest BCUT2D eigenvalue weighted by Gasteiger charge is 2.09. The lowest BCUT2D eigenvalue weighted by molar-refractivity contribution is 1.25. The van der Waals surface area contributed by atoms with Gasteiger partial charge >= 0.3 is 0 Å². The van der Waals surface area contributed by atoms with E-state index in [1.54, 1.807) is 6.20 Å². The Bertz CT molecular complexity index is 509. The highest BCUT2D eigenvalue weighted by atomic mass is 79.9. The lowest BCUT2D eigenvalue weighted by atomic mass is 9.95. The standard InChI is InChI=1S/C14H14BrN/c1-9-7-10(2)13(11(3)8-9)12-5-4-6-16-14(12)15/h4-8H,1-3H3. The monoisotopic (exact) mass is 275 g/mol. The number of nitrogens with zero attached hydrogens (tertiary/aromatic N) is 1. The first-order chi connectivity index (χ1) is 7.59. The Morgan fingerprint density at radius 1 is 1.06 bits per heavy atom. The molecule has 16 heavy (non-hydrogen) atoms. The summed E-state index contributed by atoms with van der Waals surface area (Å²) in [7, 11) is 0. The Morgan fingerprint density at radius 2 is 1.69 bits per heavy atom. The molecule has 0 N–H and O–H groups in total. The average Bonchev–Trinajstić information content (AvgIpc) is 2.19. The van der Waals surface area contributed by atoms with Crippen LogP contribution in [0.25, 0.3) is 11.1 Å². The molecular formula is C14H14BrN. The number of halogens is 1. The Balaban J connectivity index is 2.70. The van der Waals surface area contributed by atoms with E-state index in [0.717, 1.165) is 10.2 Å². The first-order valence-electron chi connectivity index (χ1n) is 5.28. The Hall–Kier alpha value is -1.15. The van der Waals surface area contributed by atoms with E-state index in [9.17, 15) is 0 Å². The van der Waals surface area contributed by atoms with Crippen molar-refractivity contribution in [2.45, 2.75) is 20.8 Å². The maximum absolute atomic E-state index is 4.28. The quantitative estimate of drug-likeness (QED) is 0.702. The number of hydrogen-bond acceptors (Lipinski definition) is 1. The molecule has 0 aliphatic carbocycles. The summed E-state index contributed by atoms with van der Waals surface area (Å²) in [5.74, 6) is 0. The predicted octanol–water partition coefficient (Wildman–Crippen LogP) is 4.44. The number of rotatable bonds is 1. The van der Waals surface area contributed by atoms with Crippen molar-refractivity contribution in [3.05, 3.63) is 51.8 Å². The van der Waals surface area contributed by atoms with Crippen LogP contribution in [0.3, 0.4) is 0 Å². The van der Waals surface area contributed by atoms with Crippen molar-refractivity contribution in [3.8, 4) is 11.1 Å². The fourth-order valence-electron chi connectivity index (χ4n) is 2.18. The molecule has 0 bridgehead atoms. The molecule has 2 heteroatoms. The second-order valence-electron chi connectivity index (χ2n) is 4.12. The van der Waals surface area contributed by atoms with Gasteiger partial charge in [-0.3, -0.25) is 0 Å². The molecule has 1 aromatic carbocycles. The van der Waals surface area contributed by atoms with Crippen molar-refractivity contribution in [1.82, 2.24) is 4.98 Å². The highest BCUT2D eigenvalue weighted by molar-refractivity contribution is 9.10. The molecule has 0 aliphatic rings. The zero-order chi connectivity index (χ0) is 11.7. The minimum Gasteiger partial charge on any atom is -0.249 e. The summed E-state index contributed by atoms with van der Waals surface area (Å²) >= 11 is 3.51. The molecule has 82 valence electrons. The van der Waals surface area contributed by atoms with Gasteiger partial charge in [-0.05, 0) is 59.5 Å². The zero-order valence-corrected chi connectivity index (χ0v) is 11.3. The number of aryl methyl sites for hydroxylation is 3.